The maximum atomic E-state index is 11.6. The van der Waals surface area contributed by atoms with E-state index in [0.717, 1.165) is 18.4 Å². The lowest BCUT2D eigenvalue weighted by atomic mass is 10.1. The number of hydrogen-bond donors (Lipinski definition) is 1. The molecule has 0 aromatic rings. The first-order valence-corrected chi connectivity index (χ1v) is 5.39. The average molecular weight is 210 g/mol. The van der Waals surface area contributed by atoms with E-state index >= 15 is 0 Å². The van der Waals surface area contributed by atoms with Gasteiger partial charge in [0.15, 0.2) is 0 Å². The highest BCUT2D eigenvalue weighted by Gasteiger charge is 2.30. The molecule has 0 radical (unpaired) electrons. The molecule has 0 aliphatic carbocycles. The van der Waals surface area contributed by atoms with Crippen LogP contribution in [0.15, 0.2) is 11.6 Å². The van der Waals surface area contributed by atoms with Gasteiger partial charge < -0.3 is 10.6 Å². The van der Waals surface area contributed by atoms with Gasteiger partial charge in [0.1, 0.15) is 6.04 Å². The van der Waals surface area contributed by atoms with E-state index in [9.17, 15) is 9.59 Å². The molecule has 0 spiro atoms. The Morgan fingerprint density at radius 1 is 1.60 bits per heavy atom. The number of carbonyl (C=O) groups is 2. The lowest BCUT2D eigenvalue weighted by Gasteiger charge is -2.24. The predicted octanol–water partition coefficient (Wildman–Crippen LogP) is 0.819. The highest BCUT2D eigenvalue weighted by Crippen LogP contribution is 2.19. The SMILES string of the molecule is CCCC1=CC(=O)N(C(CC)C(N)=O)C1. The van der Waals surface area contributed by atoms with Gasteiger partial charge in [0.2, 0.25) is 11.8 Å². The Kier molecular flexibility index (Phi) is 3.88. The smallest absolute Gasteiger partial charge is 0.247 e. The summed E-state index contributed by atoms with van der Waals surface area (Å²) in [4.78, 5) is 24.3. The number of nitrogens with two attached hydrogens (primary N) is 1. The summed E-state index contributed by atoms with van der Waals surface area (Å²) in [6, 6.07) is -0.455. The molecular weight excluding hydrogens is 192 g/mol. The van der Waals surface area contributed by atoms with Gasteiger partial charge in [0.25, 0.3) is 0 Å². The molecule has 15 heavy (non-hydrogen) atoms. The Bertz CT molecular complexity index is 297. The molecule has 1 atom stereocenters. The van der Waals surface area contributed by atoms with Gasteiger partial charge in [-0.1, -0.05) is 20.3 Å². The molecule has 4 heteroatoms. The van der Waals surface area contributed by atoms with Crippen molar-refractivity contribution in [1.29, 1.82) is 0 Å². The molecule has 2 amide bonds. The molecule has 1 aliphatic heterocycles. The molecule has 4 nitrogen and oxygen atoms in total. The molecule has 1 rings (SSSR count). The number of carbonyl (C=O) groups excluding carboxylic acids is 2. The lowest BCUT2D eigenvalue weighted by molar-refractivity contribution is -0.134. The average Bonchev–Trinajstić information content (AvgIpc) is 2.49. The second-order valence-corrected chi connectivity index (χ2v) is 3.85. The zero-order chi connectivity index (χ0) is 11.4. The van der Waals surface area contributed by atoms with Crippen LogP contribution in [0.2, 0.25) is 0 Å². The third kappa shape index (κ3) is 2.58. The van der Waals surface area contributed by atoms with Crippen LogP contribution in [0.4, 0.5) is 0 Å². The number of amides is 2. The molecule has 0 bridgehead atoms. The third-order valence-electron chi connectivity index (χ3n) is 2.65. The van der Waals surface area contributed by atoms with Crippen molar-refractivity contribution >= 4 is 11.8 Å². The molecule has 0 aromatic heterocycles. The highest BCUT2D eigenvalue weighted by molar-refractivity contribution is 5.95. The molecule has 0 saturated carbocycles. The summed E-state index contributed by atoms with van der Waals surface area (Å²) in [6.07, 6.45) is 4.14. The monoisotopic (exact) mass is 210 g/mol. The van der Waals surface area contributed by atoms with Crippen LogP contribution in [-0.2, 0) is 9.59 Å². The van der Waals surface area contributed by atoms with Gasteiger partial charge in [0, 0.05) is 12.6 Å². The Labute approximate surface area is 90.1 Å². The predicted molar refractivity (Wildman–Crippen MR) is 58.0 cm³/mol. The second-order valence-electron chi connectivity index (χ2n) is 3.85. The molecule has 2 N–H and O–H groups in total. The third-order valence-corrected chi connectivity index (χ3v) is 2.65. The summed E-state index contributed by atoms with van der Waals surface area (Å²) in [5.74, 6) is -0.499. The van der Waals surface area contributed by atoms with E-state index in [-0.39, 0.29) is 5.91 Å². The summed E-state index contributed by atoms with van der Waals surface area (Å²) >= 11 is 0. The Balaban J connectivity index is 2.68. The fourth-order valence-electron chi connectivity index (χ4n) is 1.91. The van der Waals surface area contributed by atoms with Crippen LogP contribution in [0.3, 0.4) is 0 Å². The summed E-state index contributed by atoms with van der Waals surface area (Å²) < 4.78 is 0. The summed E-state index contributed by atoms with van der Waals surface area (Å²) in [7, 11) is 0. The second kappa shape index (κ2) is 4.96. The van der Waals surface area contributed by atoms with Crippen LogP contribution in [-0.4, -0.2) is 29.3 Å². The molecule has 0 saturated heterocycles. The van der Waals surface area contributed by atoms with Crippen LogP contribution >= 0.6 is 0 Å². The fourth-order valence-corrected chi connectivity index (χ4v) is 1.91. The van der Waals surface area contributed by atoms with Crippen LogP contribution in [0.5, 0.6) is 0 Å². The van der Waals surface area contributed by atoms with Gasteiger partial charge in [0.05, 0.1) is 0 Å². The van der Waals surface area contributed by atoms with Crippen molar-refractivity contribution in [3.8, 4) is 0 Å². The molecule has 1 unspecified atom stereocenters. The standard InChI is InChI=1S/C11H18N2O2/c1-3-5-8-6-10(14)13(7-8)9(4-2)11(12)15/h6,9H,3-5,7H2,1-2H3,(H2,12,15). The van der Waals surface area contributed by atoms with Gasteiger partial charge in [-0.15, -0.1) is 0 Å². The van der Waals surface area contributed by atoms with Crippen molar-refractivity contribution in [3.05, 3.63) is 11.6 Å². The van der Waals surface area contributed by atoms with Crippen molar-refractivity contribution in [3.63, 3.8) is 0 Å². The highest BCUT2D eigenvalue weighted by atomic mass is 16.2. The molecule has 1 aliphatic rings. The zero-order valence-corrected chi connectivity index (χ0v) is 9.32. The van der Waals surface area contributed by atoms with Gasteiger partial charge in [-0.25, -0.2) is 0 Å². The molecule has 84 valence electrons. The molecule has 1 heterocycles. The largest absolute Gasteiger partial charge is 0.368 e. The summed E-state index contributed by atoms with van der Waals surface area (Å²) in [5.41, 5.74) is 6.35. The Morgan fingerprint density at radius 2 is 2.27 bits per heavy atom. The topological polar surface area (TPSA) is 63.4 Å². The first-order chi connectivity index (χ1) is 7.10. The van der Waals surface area contributed by atoms with Crippen molar-refractivity contribution in [2.75, 3.05) is 6.54 Å². The van der Waals surface area contributed by atoms with Crippen molar-refractivity contribution in [2.45, 2.75) is 39.2 Å². The van der Waals surface area contributed by atoms with E-state index in [1.165, 1.54) is 0 Å². The summed E-state index contributed by atoms with van der Waals surface area (Å²) in [6.45, 7) is 4.49. The van der Waals surface area contributed by atoms with Crippen LogP contribution in [0.1, 0.15) is 33.1 Å². The minimum atomic E-state index is -0.455. The molecular formula is C11H18N2O2. The quantitative estimate of drug-likeness (QED) is 0.730. The maximum Gasteiger partial charge on any atom is 0.247 e. The van der Waals surface area contributed by atoms with Gasteiger partial charge in [-0.05, 0) is 18.4 Å². The number of nitrogens with zero attached hydrogens (tertiary/aromatic N) is 1. The first kappa shape index (κ1) is 11.8. The minimum Gasteiger partial charge on any atom is -0.368 e. The van der Waals surface area contributed by atoms with E-state index in [2.05, 4.69) is 6.92 Å². The molecule has 0 fully saturated rings. The van der Waals surface area contributed by atoms with E-state index in [4.69, 9.17) is 5.73 Å². The van der Waals surface area contributed by atoms with Crippen molar-refractivity contribution in [2.24, 2.45) is 5.73 Å². The Morgan fingerprint density at radius 3 is 2.73 bits per heavy atom. The number of rotatable bonds is 5. The van der Waals surface area contributed by atoms with Crippen molar-refractivity contribution in [1.82, 2.24) is 4.90 Å². The van der Waals surface area contributed by atoms with E-state index in [1.807, 2.05) is 6.92 Å². The minimum absolute atomic E-state index is 0.0795. The normalized spacial score (nSPS) is 17.9. The van der Waals surface area contributed by atoms with Crippen LogP contribution in [0, 0.1) is 0 Å². The first-order valence-electron chi connectivity index (χ1n) is 5.39. The Hall–Kier alpha value is -1.32. The lowest BCUT2D eigenvalue weighted by Crippen LogP contribution is -2.45. The van der Waals surface area contributed by atoms with E-state index in [1.54, 1.807) is 11.0 Å². The zero-order valence-electron chi connectivity index (χ0n) is 9.32. The number of primary amides is 1. The maximum absolute atomic E-state index is 11.6. The van der Waals surface area contributed by atoms with Gasteiger partial charge >= 0.3 is 0 Å². The van der Waals surface area contributed by atoms with E-state index < -0.39 is 11.9 Å². The fraction of sp³-hybridized carbons (Fsp3) is 0.636. The number of hydrogen-bond acceptors (Lipinski definition) is 2. The van der Waals surface area contributed by atoms with Crippen LogP contribution in [0.25, 0.3) is 0 Å². The van der Waals surface area contributed by atoms with Crippen molar-refractivity contribution < 1.29 is 9.59 Å². The van der Waals surface area contributed by atoms with Gasteiger partial charge in [-0.3, -0.25) is 9.59 Å². The van der Waals surface area contributed by atoms with Gasteiger partial charge in [-0.2, -0.15) is 0 Å². The molecule has 0 aromatic carbocycles. The summed E-state index contributed by atoms with van der Waals surface area (Å²) in [5, 5.41) is 0. The van der Waals surface area contributed by atoms with E-state index in [0.29, 0.717) is 13.0 Å². The van der Waals surface area contributed by atoms with Crippen LogP contribution < -0.4 is 5.73 Å².